The Hall–Kier alpha value is -3.10. The molecule has 4 rings (SSSR count). The molecule has 0 atom stereocenters. The number of hydrogen-bond acceptors (Lipinski definition) is 6. The second-order valence-electron chi connectivity index (χ2n) is 7.44. The van der Waals surface area contributed by atoms with Crippen LogP contribution in [0.5, 0.6) is 11.5 Å². The predicted octanol–water partition coefficient (Wildman–Crippen LogP) is 5.43. The van der Waals surface area contributed by atoms with Gasteiger partial charge in [0, 0.05) is 30.3 Å². The van der Waals surface area contributed by atoms with E-state index in [9.17, 15) is 9.18 Å². The molecule has 1 aliphatic carbocycles. The number of nitrogens with one attached hydrogen (secondary N) is 2. The van der Waals surface area contributed by atoms with Crippen LogP contribution in [-0.4, -0.2) is 34.6 Å². The summed E-state index contributed by atoms with van der Waals surface area (Å²) in [7, 11) is 0. The van der Waals surface area contributed by atoms with Crippen molar-refractivity contribution in [3.63, 3.8) is 0 Å². The number of nitrogens with zero attached hydrogens (tertiary/aromatic N) is 2. The molecule has 1 aliphatic rings. The number of carbonyl (C=O) groups is 1. The number of ether oxygens (including phenoxy) is 2. The van der Waals surface area contributed by atoms with E-state index in [-0.39, 0.29) is 33.8 Å². The average molecular weight is 491 g/mol. The summed E-state index contributed by atoms with van der Waals surface area (Å²) < 4.78 is 26.5. The second-order valence-corrected chi connectivity index (χ2v) is 8.23. The van der Waals surface area contributed by atoms with E-state index in [1.807, 2.05) is 6.92 Å². The number of carbonyl (C=O) groups excluding carboxylic acids is 1. The maximum Gasteiger partial charge on any atom is 0.243 e. The number of hydrogen-bond donors (Lipinski definition) is 2. The lowest BCUT2D eigenvalue weighted by atomic mass is 9.89. The Balaban J connectivity index is 1.62. The van der Waals surface area contributed by atoms with Crippen molar-refractivity contribution in [3.05, 3.63) is 59.1 Å². The van der Waals surface area contributed by atoms with E-state index in [1.54, 1.807) is 12.1 Å². The molecule has 1 saturated carbocycles. The summed E-state index contributed by atoms with van der Waals surface area (Å²) in [6, 6.07) is 6.53. The molecule has 1 amide bonds. The Morgan fingerprint density at radius 1 is 1.27 bits per heavy atom. The Morgan fingerprint density at radius 3 is 2.79 bits per heavy atom. The zero-order valence-corrected chi connectivity index (χ0v) is 19.2. The van der Waals surface area contributed by atoms with Gasteiger partial charge in [-0.25, -0.2) is 14.4 Å². The van der Waals surface area contributed by atoms with Crippen molar-refractivity contribution >= 4 is 51.5 Å². The highest BCUT2D eigenvalue weighted by atomic mass is 35.5. The molecule has 0 saturated heterocycles. The molecule has 0 spiro atoms. The standard InChI is InChI=1S/C23H21Cl2FN4O3/c1-3-20(31)29-12-7-13(8-12)33-19-9-14-17(10-18(19)32-4-2)27-11-28-23(14)30-16-6-5-15(24)21(25)22(16)26/h3,5-6,9-13H,1,4,7-8H2,2H3,(H,29,31)(H,27,28,30). The van der Waals surface area contributed by atoms with Crippen molar-refractivity contribution in [3.8, 4) is 11.5 Å². The van der Waals surface area contributed by atoms with Crippen molar-refractivity contribution in [2.24, 2.45) is 0 Å². The van der Waals surface area contributed by atoms with Crippen molar-refractivity contribution in [2.75, 3.05) is 11.9 Å². The molecule has 7 nitrogen and oxygen atoms in total. The van der Waals surface area contributed by atoms with E-state index in [2.05, 4.69) is 27.2 Å². The summed E-state index contributed by atoms with van der Waals surface area (Å²) in [5.41, 5.74) is 0.717. The minimum absolute atomic E-state index is 0.0367. The fourth-order valence-corrected chi connectivity index (χ4v) is 3.80. The van der Waals surface area contributed by atoms with Crippen molar-refractivity contribution in [2.45, 2.75) is 31.9 Å². The molecule has 33 heavy (non-hydrogen) atoms. The van der Waals surface area contributed by atoms with Gasteiger partial charge >= 0.3 is 0 Å². The molecule has 10 heteroatoms. The van der Waals surface area contributed by atoms with Gasteiger partial charge in [0.05, 0.1) is 27.9 Å². The van der Waals surface area contributed by atoms with Gasteiger partial charge in [-0.3, -0.25) is 4.79 Å². The number of benzene rings is 2. The molecule has 0 aliphatic heterocycles. The molecule has 2 N–H and O–H groups in total. The number of aromatic nitrogens is 2. The molecule has 1 fully saturated rings. The third-order valence-corrected chi connectivity index (χ3v) is 5.99. The van der Waals surface area contributed by atoms with Crippen LogP contribution in [0.15, 0.2) is 43.2 Å². The summed E-state index contributed by atoms with van der Waals surface area (Å²) in [4.78, 5) is 20.0. The summed E-state index contributed by atoms with van der Waals surface area (Å²) in [6.45, 7) is 5.77. The number of halogens is 3. The van der Waals surface area contributed by atoms with Crippen LogP contribution in [-0.2, 0) is 4.79 Å². The van der Waals surface area contributed by atoms with Gasteiger partial charge in [-0.15, -0.1) is 0 Å². The van der Waals surface area contributed by atoms with Crippen LogP contribution in [0.2, 0.25) is 10.0 Å². The fraction of sp³-hybridized carbons (Fsp3) is 0.261. The van der Waals surface area contributed by atoms with Crippen LogP contribution in [0, 0.1) is 5.82 Å². The highest BCUT2D eigenvalue weighted by Gasteiger charge is 2.32. The lowest BCUT2D eigenvalue weighted by Gasteiger charge is -2.35. The number of fused-ring (bicyclic) bond motifs is 1. The normalized spacial score (nSPS) is 17.2. The third-order valence-electron chi connectivity index (χ3n) is 5.21. The van der Waals surface area contributed by atoms with Crippen LogP contribution in [0.3, 0.4) is 0 Å². The molecule has 0 bridgehead atoms. The second kappa shape index (κ2) is 9.80. The van der Waals surface area contributed by atoms with Gasteiger partial charge in [-0.1, -0.05) is 29.8 Å². The van der Waals surface area contributed by atoms with Crippen LogP contribution in [0.25, 0.3) is 10.9 Å². The zero-order chi connectivity index (χ0) is 23.5. The molecule has 3 aromatic rings. The third kappa shape index (κ3) is 4.96. The molecule has 172 valence electrons. The number of amides is 1. The first-order valence-electron chi connectivity index (χ1n) is 10.3. The SMILES string of the molecule is C=CC(=O)NC1CC(Oc2cc3c(Nc4ccc(Cl)c(Cl)c4F)ncnc3cc2OCC)C1. The monoisotopic (exact) mass is 490 g/mol. The van der Waals surface area contributed by atoms with E-state index in [4.69, 9.17) is 32.7 Å². The van der Waals surface area contributed by atoms with Gasteiger partial charge in [0.2, 0.25) is 5.91 Å². The van der Waals surface area contributed by atoms with Crippen LogP contribution in [0.4, 0.5) is 15.9 Å². The predicted molar refractivity (Wildman–Crippen MR) is 126 cm³/mol. The molecule has 1 heterocycles. The lowest BCUT2D eigenvalue weighted by molar-refractivity contribution is -0.118. The van der Waals surface area contributed by atoms with Crippen molar-refractivity contribution in [1.82, 2.24) is 15.3 Å². The van der Waals surface area contributed by atoms with Gasteiger partial charge in [0.1, 0.15) is 18.2 Å². The molecular formula is C23H21Cl2FN4O3. The maximum absolute atomic E-state index is 14.6. The number of anilines is 2. The molecule has 1 aromatic heterocycles. The van der Waals surface area contributed by atoms with E-state index in [0.717, 1.165) is 0 Å². The first-order chi connectivity index (χ1) is 15.9. The molecule has 2 aromatic carbocycles. The molecule has 0 radical (unpaired) electrons. The first-order valence-corrected chi connectivity index (χ1v) is 11.1. The first kappa shape index (κ1) is 23.1. The van der Waals surface area contributed by atoms with Crippen molar-refractivity contribution in [1.29, 1.82) is 0 Å². The quantitative estimate of drug-likeness (QED) is 0.323. The van der Waals surface area contributed by atoms with E-state index < -0.39 is 5.82 Å². The summed E-state index contributed by atoms with van der Waals surface area (Å²) in [5.74, 6) is 0.529. The topological polar surface area (TPSA) is 85.4 Å². The van der Waals surface area contributed by atoms with Crippen LogP contribution < -0.4 is 20.1 Å². The van der Waals surface area contributed by atoms with Crippen LogP contribution >= 0.6 is 23.2 Å². The van der Waals surface area contributed by atoms with Crippen molar-refractivity contribution < 1.29 is 18.7 Å². The van der Waals surface area contributed by atoms with Gasteiger partial charge in [-0.05, 0) is 31.2 Å². The number of rotatable bonds is 8. The largest absolute Gasteiger partial charge is 0.490 e. The minimum atomic E-state index is -0.680. The Kier molecular flexibility index (Phi) is 6.85. The maximum atomic E-state index is 14.6. The highest BCUT2D eigenvalue weighted by Crippen LogP contribution is 2.38. The zero-order valence-electron chi connectivity index (χ0n) is 17.7. The van der Waals surface area contributed by atoms with E-state index in [1.165, 1.54) is 24.5 Å². The summed E-state index contributed by atoms with van der Waals surface area (Å²) in [5, 5.41) is 6.35. The van der Waals surface area contributed by atoms with Crippen LogP contribution in [0.1, 0.15) is 19.8 Å². The average Bonchev–Trinajstić information content (AvgIpc) is 2.78. The van der Waals surface area contributed by atoms with E-state index >= 15 is 0 Å². The minimum Gasteiger partial charge on any atom is -0.490 e. The summed E-state index contributed by atoms with van der Waals surface area (Å²) >= 11 is 11.8. The van der Waals surface area contributed by atoms with Gasteiger partial charge in [0.25, 0.3) is 0 Å². The Bertz CT molecular complexity index is 1220. The van der Waals surface area contributed by atoms with Gasteiger partial charge < -0.3 is 20.1 Å². The highest BCUT2D eigenvalue weighted by molar-refractivity contribution is 6.42. The Labute approximate surface area is 199 Å². The smallest absolute Gasteiger partial charge is 0.243 e. The van der Waals surface area contributed by atoms with Gasteiger partial charge in [0.15, 0.2) is 17.3 Å². The van der Waals surface area contributed by atoms with E-state index in [0.29, 0.717) is 47.7 Å². The summed E-state index contributed by atoms with van der Waals surface area (Å²) in [6.07, 6.45) is 3.85. The van der Waals surface area contributed by atoms with Gasteiger partial charge in [-0.2, -0.15) is 0 Å². The Morgan fingerprint density at radius 2 is 2.06 bits per heavy atom. The molecular weight excluding hydrogens is 470 g/mol. The fourth-order valence-electron chi connectivity index (χ4n) is 3.49. The lowest BCUT2D eigenvalue weighted by Crippen LogP contribution is -2.48. The molecule has 0 unspecified atom stereocenters.